The molecule has 1 heterocycles. The average Bonchev–Trinajstić information content (AvgIpc) is 2.95. The van der Waals surface area contributed by atoms with Gasteiger partial charge in [-0.05, 0) is 60.3 Å². The Kier molecular flexibility index (Phi) is 5.36. The molecule has 0 radical (unpaired) electrons. The molecule has 1 aromatic rings. The highest BCUT2D eigenvalue weighted by Gasteiger charge is 2.28. The van der Waals surface area contributed by atoms with E-state index >= 15 is 0 Å². The maximum absolute atomic E-state index is 12.0. The van der Waals surface area contributed by atoms with Crippen molar-refractivity contribution >= 4 is 33.5 Å². The molecule has 0 bridgehead atoms. The van der Waals surface area contributed by atoms with Gasteiger partial charge in [-0.2, -0.15) is 0 Å². The number of hydrogen-bond donors (Lipinski definition) is 1. The van der Waals surface area contributed by atoms with Crippen LogP contribution in [0.3, 0.4) is 0 Å². The number of carbonyl (C=O) groups excluding carboxylic acids is 2. The number of anilines is 1. The van der Waals surface area contributed by atoms with Gasteiger partial charge >= 0.3 is 5.97 Å². The van der Waals surface area contributed by atoms with Gasteiger partial charge in [-0.1, -0.05) is 6.07 Å². The van der Waals surface area contributed by atoms with Gasteiger partial charge in [0.1, 0.15) is 0 Å². The molecule has 1 aliphatic rings. The van der Waals surface area contributed by atoms with Crippen molar-refractivity contribution in [1.29, 1.82) is 0 Å². The molecule has 21 heavy (non-hydrogen) atoms. The first-order valence-corrected chi connectivity index (χ1v) is 7.66. The van der Waals surface area contributed by atoms with Crippen LogP contribution in [0.1, 0.15) is 25.3 Å². The summed E-state index contributed by atoms with van der Waals surface area (Å²) >= 11 is 3.39. The predicted octanol–water partition coefficient (Wildman–Crippen LogP) is 2.81. The van der Waals surface area contributed by atoms with Gasteiger partial charge in [0.05, 0.1) is 5.69 Å². The fourth-order valence-electron chi connectivity index (χ4n) is 2.02. The Morgan fingerprint density at radius 3 is 2.86 bits per heavy atom. The van der Waals surface area contributed by atoms with Crippen LogP contribution in [0, 0.1) is 6.92 Å². The SMILES string of the molecule is Cc1ccc(NC(=O)[C@@H](C)OC(=O)[C@H]2CCCO2)c(Br)c1. The van der Waals surface area contributed by atoms with E-state index in [1.54, 1.807) is 13.0 Å². The number of esters is 1. The van der Waals surface area contributed by atoms with Gasteiger partial charge in [0, 0.05) is 11.1 Å². The molecule has 0 unspecified atom stereocenters. The van der Waals surface area contributed by atoms with E-state index in [4.69, 9.17) is 9.47 Å². The molecular formula is C15H18BrNO4. The Hall–Kier alpha value is -1.40. The molecular weight excluding hydrogens is 338 g/mol. The van der Waals surface area contributed by atoms with Crippen LogP contribution in [-0.4, -0.2) is 30.7 Å². The van der Waals surface area contributed by atoms with E-state index in [1.165, 1.54) is 0 Å². The average molecular weight is 356 g/mol. The second-order valence-corrected chi connectivity index (χ2v) is 5.91. The zero-order chi connectivity index (χ0) is 15.4. The number of nitrogens with one attached hydrogen (secondary N) is 1. The van der Waals surface area contributed by atoms with Crippen molar-refractivity contribution in [3.63, 3.8) is 0 Å². The van der Waals surface area contributed by atoms with Crippen LogP contribution in [-0.2, 0) is 19.1 Å². The lowest BCUT2D eigenvalue weighted by atomic mass is 10.2. The normalized spacial score (nSPS) is 19.1. The van der Waals surface area contributed by atoms with E-state index in [1.807, 2.05) is 19.1 Å². The van der Waals surface area contributed by atoms with Crippen LogP contribution >= 0.6 is 15.9 Å². The van der Waals surface area contributed by atoms with E-state index in [9.17, 15) is 9.59 Å². The third-order valence-electron chi connectivity index (χ3n) is 3.24. The van der Waals surface area contributed by atoms with Crippen LogP contribution in [0.4, 0.5) is 5.69 Å². The number of halogens is 1. The summed E-state index contributed by atoms with van der Waals surface area (Å²) in [5.74, 6) is -0.843. The fourth-order valence-corrected chi connectivity index (χ4v) is 2.62. The van der Waals surface area contributed by atoms with Crippen LogP contribution in [0.25, 0.3) is 0 Å². The molecule has 0 aromatic heterocycles. The maximum atomic E-state index is 12.0. The Labute approximate surface area is 132 Å². The molecule has 0 saturated carbocycles. The largest absolute Gasteiger partial charge is 0.451 e. The first-order valence-electron chi connectivity index (χ1n) is 6.86. The molecule has 114 valence electrons. The number of ether oxygens (including phenoxy) is 2. The van der Waals surface area contributed by atoms with Crippen molar-refractivity contribution in [3.8, 4) is 0 Å². The first-order chi connectivity index (χ1) is 9.97. The molecule has 1 aromatic carbocycles. The standard InChI is InChI=1S/C15H18BrNO4/c1-9-5-6-12(11(16)8-9)17-14(18)10(2)21-15(19)13-4-3-7-20-13/h5-6,8,10,13H,3-4,7H2,1-2H3,(H,17,18)/t10-,13-/m1/s1. The summed E-state index contributed by atoms with van der Waals surface area (Å²) in [7, 11) is 0. The Morgan fingerprint density at radius 2 is 2.24 bits per heavy atom. The first kappa shape index (κ1) is 16.0. The van der Waals surface area contributed by atoms with E-state index in [-0.39, 0.29) is 5.91 Å². The summed E-state index contributed by atoms with van der Waals surface area (Å²) in [5.41, 5.74) is 1.73. The summed E-state index contributed by atoms with van der Waals surface area (Å²) in [6.07, 6.45) is 0.0918. The lowest BCUT2D eigenvalue weighted by Crippen LogP contribution is -2.34. The van der Waals surface area contributed by atoms with Crippen LogP contribution in [0.15, 0.2) is 22.7 Å². The molecule has 2 atom stereocenters. The maximum Gasteiger partial charge on any atom is 0.336 e. The number of carbonyl (C=O) groups is 2. The molecule has 0 spiro atoms. The number of benzene rings is 1. The van der Waals surface area contributed by atoms with Gasteiger partial charge in [0.15, 0.2) is 12.2 Å². The van der Waals surface area contributed by atoms with Gasteiger partial charge in [0.2, 0.25) is 0 Å². The molecule has 6 heteroatoms. The summed E-state index contributed by atoms with van der Waals surface area (Å²) in [5, 5.41) is 2.73. The summed E-state index contributed by atoms with van der Waals surface area (Å²) in [4.78, 5) is 23.8. The summed E-state index contributed by atoms with van der Waals surface area (Å²) in [6.45, 7) is 4.07. The number of amides is 1. The zero-order valence-corrected chi connectivity index (χ0v) is 13.6. The third kappa shape index (κ3) is 4.28. The number of hydrogen-bond acceptors (Lipinski definition) is 4. The highest BCUT2D eigenvalue weighted by atomic mass is 79.9. The van der Waals surface area contributed by atoms with Crippen molar-refractivity contribution in [2.75, 3.05) is 11.9 Å². The van der Waals surface area contributed by atoms with Crippen molar-refractivity contribution < 1.29 is 19.1 Å². The van der Waals surface area contributed by atoms with Crippen LogP contribution in [0.5, 0.6) is 0 Å². The monoisotopic (exact) mass is 355 g/mol. The van der Waals surface area contributed by atoms with Crippen LogP contribution < -0.4 is 5.32 Å². The Morgan fingerprint density at radius 1 is 1.48 bits per heavy atom. The van der Waals surface area contributed by atoms with Gasteiger partial charge in [-0.15, -0.1) is 0 Å². The lowest BCUT2D eigenvalue weighted by molar-refractivity contribution is -0.162. The molecule has 1 saturated heterocycles. The molecule has 1 amide bonds. The molecule has 1 aliphatic heterocycles. The minimum Gasteiger partial charge on any atom is -0.451 e. The van der Waals surface area contributed by atoms with Gasteiger partial charge in [0.25, 0.3) is 5.91 Å². The van der Waals surface area contributed by atoms with Crippen molar-refractivity contribution in [2.45, 2.75) is 38.9 Å². The highest BCUT2D eigenvalue weighted by molar-refractivity contribution is 9.10. The molecule has 5 nitrogen and oxygen atoms in total. The second-order valence-electron chi connectivity index (χ2n) is 5.05. The Bertz CT molecular complexity index is 540. The topological polar surface area (TPSA) is 64.6 Å². The zero-order valence-electron chi connectivity index (χ0n) is 12.0. The van der Waals surface area contributed by atoms with E-state index in [2.05, 4.69) is 21.2 Å². The van der Waals surface area contributed by atoms with E-state index in [0.717, 1.165) is 16.5 Å². The predicted molar refractivity (Wildman–Crippen MR) is 82.0 cm³/mol. The molecule has 1 N–H and O–H groups in total. The number of aryl methyl sites for hydroxylation is 1. The van der Waals surface area contributed by atoms with Gasteiger partial charge in [-0.25, -0.2) is 4.79 Å². The Balaban J connectivity index is 1.91. The second kappa shape index (κ2) is 7.04. The van der Waals surface area contributed by atoms with E-state index in [0.29, 0.717) is 18.7 Å². The van der Waals surface area contributed by atoms with Gasteiger partial charge < -0.3 is 14.8 Å². The minimum absolute atomic E-state index is 0.370. The minimum atomic E-state index is -0.866. The summed E-state index contributed by atoms with van der Waals surface area (Å²) in [6, 6.07) is 5.59. The smallest absolute Gasteiger partial charge is 0.336 e. The molecule has 2 rings (SSSR count). The van der Waals surface area contributed by atoms with Crippen molar-refractivity contribution in [3.05, 3.63) is 28.2 Å². The highest BCUT2D eigenvalue weighted by Crippen LogP contribution is 2.23. The van der Waals surface area contributed by atoms with Crippen molar-refractivity contribution in [1.82, 2.24) is 0 Å². The third-order valence-corrected chi connectivity index (χ3v) is 3.89. The van der Waals surface area contributed by atoms with E-state index < -0.39 is 18.2 Å². The molecule has 0 aliphatic carbocycles. The van der Waals surface area contributed by atoms with Crippen LogP contribution in [0.2, 0.25) is 0 Å². The lowest BCUT2D eigenvalue weighted by Gasteiger charge is -2.16. The quantitative estimate of drug-likeness (QED) is 0.843. The number of rotatable bonds is 4. The molecule has 1 fully saturated rings. The van der Waals surface area contributed by atoms with Crippen molar-refractivity contribution in [2.24, 2.45) is 0 Å². The summed E-state index contributed by atoms with van der Waals surface area (Å²) < 4.78 is 11.2. The van der Waals surface area contributed by atoms with Gasteiger partial charge in [-0.3, -0.25) is 4.79 Å². The fraction of sp³-hybridized carbons (Fsp3) is 0.467.